The lowest BCUT2D eigenvalue weighted by Gasteiger charge is -1.99. The molecule has 0 rings (SSSR count). The first-order chi connectivity index (χ1) is 7.77. The fraction of sp³-hybridized carbons (Fsp3) is 0.733. The average Bonchev–Trinajstić information content (AvgIpc) is 2.25. The van der Waals surface area contributed by atoms with Gasteiger partial charge >= 0.3 is 0 Å². The minimum absolute atomic E-state index is 0.349. The van der Waals surface area contributed by atoms with Gasteiger partial charge in [0.1, 0.15) is 0 Å². The Kier molecular flexibility index (Phi) is 11.8. The van der Waals surface area contributed by atoms with Crippen LogP contribution in [0.25, 0.3) is 0 Å². The van der Waals surface area contributed by atoms with Crippen molar-refractivity contribution in [1.29, 1.82) is 0 Å². The van der Waals surface area contributed by atoms with Crippen molar-refractivity contribution < 1.29 is 5.11 Å². The minimum atomic E-state index is 0.349. The molecule has 0 bridgehead atoms. The second-order valence-corrected chi connectivity index (χ2v) is 4.38. The van der Waals surface area contributed by atoms with Crippen molar-refractivity contribution in [2.24, 2.45) is 0 Å². The lowest BCUT2D eigenvalue weighted by Crippen LogP contribution is -1.84. The quantitative estimate of drug-likeness (QED) is 0.460. The maximum Gasteiger partial charge on any atom is 0.0431 e. The number of aliphatic hydroxyl groups is 1. The summed E-state index contributed by atoms with van der Waals surface area (Å²) >= 11 is 0. The van der Waals surface area contributed by atoms with Crippen LogP contribution in [0.15, 0.2) is 12.2 Å². The van der Waals surface area contributed by atoms with E-state index in [0.717, 1.165) is 18.4 Å². The van der Waals surface area contributed by atoms with Gasteiger partial charge in [-0.1, -0.05) is 56.9 Å². The molecule has 1 nitrogen and oxygen atoms in total. The Balaban J connectivity index is 3.05. The Morgan fingerprint density at radius 2 is 1.44 bits per heavy atom. The van der Waals surface area contributed by atoms with E-state index in [0.29, 0.717) is 6.61 Å². The highest BCUT2D eigenvalue weighted by molar-refractivity contribution is 5.22. The van der Waals surface area contributed by atoms with Crippen molar-refractivity contribution in [2.45, 2.75) is 64.7 Å². The number of unbranched alkanes of at least 4 members (excludes halogenated alkanes) is 8. The van der Waals surface area contributed by atoms with E-state index in [1.807, 2.05) is 6.92 Å². The number of allylic oxidation sites excluding steroid dienone is 1. The van der Waals surface area contributed by atoms with Crippen LogP contribution in [0.4, 0.5) is 0 Å². The summed E-state index contributed by atoms with van der Waals surface area (Å²) in [5.74, 6) is 6.13. The molecule has 0 spiro atoms. The second kappa shape index (κ2) is 12.3. The number of aliphatic hydroxyl groups excluding tert-OH is 1. The minimum Gasteiger partial charge on any atom is -0.396 e. The lowest BCUT2D eigenvalue weighted by molar-refractivity contribution is 0.282. The fourth-order valence-corrected chi connectivity index (χ4v) is 1.60. The van der Waals surface area contributed by atoms with Crippen LogP contribution in [0.1, 0.15) is 64.7 Å². The van der Waals surface area contributed by atoms with Crippen LogP contribution in [-0.2, 0) is 0 Å². The van der Waals surface area contributed by atoms with Gasteiger partial charge in [-0.3, -0.25) is 0 Å². The van der Waals surface area contributed by atoms with Gasteiger partial charge in [0.2, 0.25) is 0 Å². The maximum absolute atomic E-state index is 8.61. The monoisotopic (exact) mass is 222 g/mol. The summed E-state index contributed by atoms with van der Waals surface area (Å²) in [6, 6.07) is 0. The molecule has 0 atom stereocenters. The van der Waals surface area contributed by atoms with Crippen LogP contribution < -0.4 is 0 Å². The van der Waals surface area contributed by atoms with E-state index in [9.17, 15) is 0 Å². The van der Waals surface area contributed by atoms with Crippen LogP contribution >= 0.6 is 0 Å². The molecule has 0 radical (unpaired) electrons. The number of hydrogen-bond donors (Lipinski definition) is 1. The van der Waals surface area contributed by atoms with Gasteiger partial charge in [0, 0.05) is 13.0 Å². The van der Waals surface area contributed by atoms with Crippen LogP contribution in [0.5, 0.6) is 0 Å². The highest BCUT2D eigenvalue weighted by Gasteiger charge is 1.91. The standard InChI is InChI=1S/C15H26O/c1-15(2)13-11-9-7-5-3-4-6-8-10-12-14-16/h16H,1,3-10,12,14H2,2H3. The van der Waals surface area contributed by atoms with E-state index in [4.69, 9.17) is 5.11 Å². The third-order valence-corrected chi connectivity index (χ3v) is 2.51. The van der Waals surface area contributed by atoms with Gasteiger partial charge in [-0.2, -0.15) is 0 Å². The van der Waals surface area contributed by atoms with E-state index < -0.39 is 0 Å². The number of rotatable bonds is 9. The molecular formula is C15H26O. The second-order valence-electron chi connectivity index (χ2n) is 4.38. The molecule has 0 heterocycles. The third kappa shape index (κ3) is 13.3. The summed E-state index contributed by atoms with van der Waals surface area (Å²) < 4.78 is 0. The molecule has 1 N–H and O–H groups in total. The summed E-state index contributed by atoms with van der Waals surface area (Å²) in [5.41, 5.74) is 0.962. The van der Waals surface area contributed by atoms with E-state index >= 15 is 0 Å². The van der Waals surface area contributed by atoms with Gasteiger partial charge in [-0.25, -0.2) is 0 Å². The molecule has 0 amide bonds. The van der Waals surface area contributed by atoms with Crippen LogP contribution in [-0.4, -0.2) is 11.7 Å². The third-order valence-electron chi connectivity index (χ3n) is 2.51. The van der Waals surface area contributed by atoms with E-state index in [2.05, 4.69) is 18.4 Å². The molecule has 0 aromatic rings. The maximum atomic E-state index is 8.61. The normalized spacial score (nSPS) is 9.62. The Morgan fingerprint density at radius 1 is 0.938 bits per heavy atom. The predicted octanol–water partition coefficient (Wildman–Crippen LogP) is 4.07. The van der Waals surface area contributed by atoms with Crippen molar-refractivity contribution in [1.82, 2.24) is 0 Å². The van der Waals surface area contributed by atoms with Gasteiger partial charge in [0.25, 0.3) is 0 Å². The summed E-state index contributed by atoms with van der Waals surface area (Å²) in [6.07, 6.45) is 10.9. The zero-order valence-corrected chi connectivity index (χ0v) is 10.7. The summed E-state index contributed by atoms with van der Waals surface area (Å²) in [5, 5.41) is 8.61. The largest absolute Gasteiger partial charge is 0.396 e. The molecule has 0 aliphatic carbocycles. The van der Waals surface area contributed by atoms with Crippen molar-refractivity contribution in [3.8, 4) is 11.8 Å². The van der Waals surface area contributed by atoms with E-state index in [1.165, 1.54) is 44.9 Å². The van der Waals surface area contributed by atoms with Gasteiger partial charge < -0.3 is 5.11 Å². The zero-order chi connectivity index (χ0) is 12.1. The first-order valence-corrected chi connectivity index (χ1v) is 6.52. The molecular weight excluding hydrogens is 196 g/mol. The van der Waals surface area contributed by atoms with E-state index in [-0.39, 0.29) is 0 Å². The van der Waals surface area contributed by atoms with Crippen LogP contribution in [0.3, 0.4) is 0 Å². The molecule has 1 heteroatoms. The summed E-state index contributed by atoms with van der Waals surface area (Å²) in [6.45, 7) is 6.04. The molecule has 0 aromatic carbocycles. The van der Waals surface area contributed by atoms with Crippen molar-refractivity contribution in [3.05, 3.63) is 12.2 Å². The zero-order valence-electron chi connectivity index (χ0n) is 10.7. The van der Waals surface area contributed by atoms with E-state index in [1.54, 1.807) is 0 Å². The smallest absolute Gasteiger partial charge is 0.0431 e. The Labute approximate surface area is 101 Å². The predicted molar refractivity (Wildman–Crippen MR) is 71.2 cm³/mol. The highest BCUT2D eigenvalue weighted by atomic mass is 16.2. The summed E-state index contributed by atoms with van der Waals surface area (Å²) in [4.78, 5) is 0. The van der Waals surface area contributed by atoms with Crippen LogP contribution in [0, 0.1) is 11.8 Å². The molecule has 0 unspecified atom stereocenters. The average molecular weight is 222 g/mol. The molecule has 0 aliphatic heterocycles. The topological polar surface area (TPSA) is 20.2 Å². The first kappa shape index (κ1) is 15.3. The highest BCUT2D eigenvalue weighted by Crippen LogP contribution is 2.09. The molecule has 0 fully saturated rings. The van der Waals surface area contributed by atoms with Crippen molar-refractivity contribution >= 4 is 0 Å². The summed E-state index contributed by atoms with van der Waals surface area (Å²) in [7, 11) is 0. The van der Waals surface area contributed by atoms with Crippen molar-refractivity contribution in [2.75, 3.05) is 6.61 Å². The molecule has 0 saturated heterocycles. The molecule has 0 saturated carbocycles. The number of hydrogen-bond acceptors (Lipinski definition) is 1. The van der Waals surface area contributed by atoms with Crippen molar-refractivity contribution in [3.63, 3.8) is 0 Å². The molecule has 0 aromatic heterocycles. The SMILES string of the molecule is C=C(C)C#CCCCCCCCCCCO. The Hall–Kier alpha value is -0.740. The molecule has 92 valence electrons. The van der Waals surface area contributed by atoms with Gasteiger partial charge in [0.05, 0.1) is 0 Å². The van der Waals surface area contributed by atoms with Gasteiger partial charge in [-0.05, 0) is 25.3 Å². The van der Waals surface area contributed by atoms with Crippen LogP contribution in [0.2, 0.25) is 0 Å². The van der Waals surface area contributed by atoms with Gasteiger partial charge in [0.15, 0.2) is 0 Å². The van der Waals surface area contributed by atoms with Gasteiger partial charge in [-0.15, -0.1) is 0 Å². The molecule has 0 aliphatic rings. The lowest BCUT2D eigenvalue weighted by atomic mass is 10.1. The Bertz CT molecular complexity index is 219. The fourth-order valence-electron chi connectivity index (χ4n) is 1.60. The Morgan fingerprint density at radius 3 is 1.94 bits per heavy atom. The first-order valence-electron chi connectivity index (χ1n) is 6.52. The molecule has 16 heavy (non-hydrogen) atoms.